The van der Waals surface area contributed by atoms with Crippen LogP contribution in [0, 0.1) is 16.0 Å². The number of rotatable bonds is 4. The van der Waals surface area contributed by atoms with Crippen LogP contribution in [-0.2, 0) is 4.79 Å². The van der Waals surface area contributed by atoms with Gasteiger partial charge in [-0.15, -0.1) is 12.4 Å². The lowest BCUT2D eigenvalue weighted by atomic mass is 9.96. The van der Waals surface area contributed by atoms with Crippen molar-refractivity contribution >= 4 is 24.0 Å². The molecule has 0 aliphatic carbocycles. The van der Waals surface area contributed by atoms with Crippen molar-refractivity contribution in [3.8, 4) is 5.75 Å². The van der Waals surface area contributed by atoms with E-state index in [1.54, 1.807) is 12.1 Å². The quantitative estimate of drug-likeness (QED) is 0.650. The van der Waals surface area contributed by atoms with Crippen molar-refractivity contribution in [1.82, 2.24) is 10.2 Å². The van der Waals surface area contributed by atoms with Crippen LogP contribution < -0.4 is 10.1 Å². The van der Waals surface area contributed by atoms with Crippen LogP contribution in [0.15, 0.2) is 24.3 Å². The Morgan fingerprint density at radius 2 is 1.88 bits per heavy atom. The number of piperidine rings is 2. The first-order valence-corrected chi connectivity index (χ1v) is 8.54. The number of ether oxygens (including phenoxy) is 1. The number of halogens is 1. The maximum Gasteiger partial charge on any atom is 0.269 e. The highest BCUT2D eigenvalue weighted by molar-refractivity contribution is 5.85. The lowest BCUT2D eigenvalue weighted by Gasteiger charge is -2.35. The van der Waals surface area contributed by atoms with Crippen molar-refractivity contribution in [3.05, 3.63) is 34.4 Å². The zero-order valence-corrected chi connectivity index (χ0v) is 14.9. The third-order valence-electron chi connectivity index (χ3n) is 4.75. The molecule has 1 aromatic carbocycles. The first-order chi connectivity index (χ1) is 11.6. The SMILES string of the molecule is Cl.O=C(C1CCCNC1)N1CCC(Oc2ccc([N+](=O)[O-])cc2)CC1. The van der Waals surface area contributed by atoms with Gasteiger partial charge in [-0.1, -0.05) is 0 Å². The molecule has 7 nitrogen and oxygen atoms in total. The zero-order valence-electron chi connectivity index (χ0n) is 14.1. The fourth-order valence-corrected chi connectivity index (χ4v) is 3.35. The molecule has 1 unspecified atom stereocenters. The second kappa shape index (κ2) is 9.01. The highest BCUT2D eigenvalue weighted by Crippen LogP contribution is 2.23. The smallest absolute Gasteiger partial charge is 0.269 e. The summed E-state index contributed by atoms with van der Waals surface area (Å²) < 4.78 is 5.89. The van der Waals surface area contributed by atoms with Gasteiger partial charge in [-0.2, -0.15) is 0 Å². The predicted molar refractivity (Wildman–Crippen MR) is 96.2 cm³/mol. The number of nitro benzene ring substituents is 1. The fraction of sp³-hybridized carbons (Fsp3) is 0.588. The lowest BCUT2D eigenvalue weighted by molar-refractivity contribution is -0.384. The molecule has 2 fully saturated rings. The molecule has 2 saturated heterocycles. The molecule has 138 valence electrons. The van der Waals surface area contributed by atoms with Gasteiger partial charge in [0, 0.05) is 44.6 Å². The zero-order chi connectivity index (χ0) is 16.9. The number of non-ortho nitro benzene ring substituents is 1. The number of hydrogen-bond acceptors (Lipinski definition) is 5. The van der Waals surface area contributed by atoms with Gasteiger partial charge >= 0.3 is 0 Å². The van der Waals surface area contributed by atoms with Crippen LogP contribution in [0.2, 0.25) is 0 Å². The number of likely N-dealkylation sites (tertiary alicyclic amines) is 1. The van der Waals surface area contributed by atoms with Gasteiger partial charge in [-0.3, -0.25) is 14.9 Å². The van der Waals surface area contributed by atoms with Crippen LogP contribution in [0.25, 0.3) is 0 Å². The molecule has 1 atom stereocenters. The van der Waals surface area contributed by atoms with E-state index in [1.165, 1.54) is 12.1 Å². The molecule has 1 aromatic rings. The summed E-state index contributed by atoms with van der Waals surface area (Å²) in [5.74, 6) is 1.02. The van der Waals surface area contributed by atoms with Crippen molar-refractivity contribution < 1.29 is 14.5 Å². The van der Waals surface area contributed by atoms with Crippen LogP contribution in [0.5, 0.6) is 5.75 Å². The van der Waals surface area contributed by atoms with E-state index in [0.29, 0.717) is 18.8 Å². The molecule has 2 heterocycles. The number of nitrogens with one attached hydrogen (secondary N) is 1. The number of hydrogen-bond donors (Lipinski definition) is 1. The highest BCUT2D eigenvalue weighted by Gasteiger charge is 2.29. The summed E-state index contributed by atoms with van der Waals surface area (Å²) in [4.78, 5) is 24.7. The maximum atomic E-state index is 12.5. The van der Waals surface area contributed by atoms with Crippen LogP contribution in [0.4, 0.5) is 5.69 Å². The van der Waals surface area contributed by atoms with E-state index in [4.69, 9.17) is 4.74 Å². The van der Waals surface area contributed by atoms with Crippen LogP contribution in [-0.4, -0.2) is 48.0 Å². The molecule has 2 aliphatic heterocycles. The molecule has 2 aliphatic rings. The molecule has 8 heteroatoms. The minimum Gasteiger partial charge on any atom is -0.490 e. The van der Waals surface area contributed by atoms with Crippen molar-refractivity contribution in [1.29, 1.82) is 0 Å². The summed E-state index contributed by atoms with van der Waals surface area (Å²) in [7, 11) is 0. The van der Waals surface area contributed by atoms with E-state index in [9.17, 15) is 14.9 Å². The second-order valence-corrected chi connectivity index (χ2v) is 6.44. The number of benzene rings is 1. The Hall–Kier alpha value is -1.86. The molecule has 0 radical (unpaired) electrons. The third kappa shape index (κ3) is 5.06. The van der Waals surface area contributed by atoms with Crippen molar-refractivity contribution in [2.45, 2.75) is 31.8 Å². The normalized spacial score (nSPS) is 21.3. The predicted octanol–water partition coefficient (Wildman–Crippen LogP) is 2.39. The molecule has 0 saturated carbocycles. The van der Waals surface area contributed by atoms with Crippen LogP contribution in [0.1, 0.15) is 25.7 Å². The van der Waals surface area contributed by atoms with Gasteiger partial charge in [0.05, 0.1) is 10.8 Å². The average Bonchev–Trinajstić information content (AvgIpc) is 2.63. The van der Waals surface area contributed by atoms with E-state index >= 15 is 0 Å². The molecule has 25 heavy (non-hydrogen) atoms. The average molecular weight is 370 g/mol. The van der Waals surface area contributed by atoms with Crippen molar-refractivity contribution in [3.63, 3.8) is 0 Å². The summed E-state index contributed by atoms with van der Waals surface area (Å²) in [5.41, 5.74) is 0.0591. The minimum atomic E-state index is -0.423. The van der Waals surface area contributed by atoms with E-state index in [-0.39, 0.29) is 36.0 Å². The summed E-state index contributed by atoms with van der Waals surface area (Å²) in [6.45, 7) is 3.23. The molecule has 1 amide bonds. The van der Waals surface area contributed by atoms with Crippen LogP contribution in [0.3, 0.4) is 0 Å². The molecule has 0 aromatic heterocycles. The maximum absolute atomic E-state index is 12.5. The topological polar surface area (TPSA) is 84.7 Å². The Balaban J connectivity index is 0.00000225. The Morgan fingerprint density at radius 1 is 1.20 bits per heavy atom. The summed E-state index contributed by atoms with van der Waals surface area (Å²) in [6.07, 6.45) is 3.69. The number of carbonyl (C=O) groups is 1. The Labute approximate surface area is 153 Å². The van der Waals surface area contributed by atoms with Gasteiger partial charge in [0.15, 0.2) is 0 Å². The number of amides is 1. The third-order valence-corrected chi connectivity index (χ3v) is 4.75. The van der Waals surface area contributed by atoms with E-state index in [2.05, 4.69) is 5.32 Å². The van der Waals surface area contributed by atoms with Crippen molar-refractivity contribution in [2.24, 2.45) is 5.92 Å². The van der Waals surface area contributed by atoms with E-state index in [0.717, 1.165) is 38.8 Å². The first kappa shape index (κ1) is 19.5. The van der Waals surface area contributed by atoms with Crippen molar-refractivity contribution in [2.75, 3.05) is 26.2 Å². The number of nitrogens with zero attached hydrogens (tertiary/aromatic N) is 2. The molecule has 0 spiro atoms. The van der Waals surface area contributed by atoms with Gasteiger partial charge in [0.25, 0.3) is 5.69 Å². The molecule has 0 bridgehead atoms. The largest absolute Gasteiger partial charge is 0.490 e. The lowest BCUT2D eigenvalue weighted by Crippen LogP contribution is -2.47. The van der Waals surface area contributed by atoms with E-state index < -0.39 is 4.92 Å². The Bertz CT molecular complexity index is 582. The second-order valence-electron chi connectivity index (χ2n) is 6.44. The molecular weight excluding hydrogens is 346 g/mol. The van der Waals surface area contributed by atoms with E-state index in [1.807, 2.05) is 4.90 Å². The fourth-order valence-electron chi connectivity index (χ4n) is 3.35. The summed E-state index contributed by atoms with van der Waals surface area (Å²) in [5, 5.41) is 13.9. The minimum absolute atomic E-state index is 0. The molecule has 3 rings (SSSR count). The van der Waals surface area contributed by atoms with Gasteiger partial charge in [-0.05, 0) is 31.5 Å². The Kier molecular flexibility index (Phi) is 7.01. The highest BCUT2D eigenvalue weighted by atomic mass is 35.5. The van der Waals surface area contributed by atoms with Gasteiger partial charge < -0.3 is 15.0 Å². The van der Waals surface area contributed by atoms with Crippen LogP contribution >= 0.6 is 12.4 Å². The molecule has 1 N–H and O–H groups in total. The van der Waals surface area contributed by atoms with Gasteiger partial charge in [-0.25, -0.2) is 0 Å². The number of carbonyl (C=O) groups excluding carboxylic acids is 1. The number of nitro groups is 1. The Morgan fingerprint density at radius 3 is 2.44 bits per heavy atom. The van der Waals surface area contributed by atoms with Gasteiger partial charge in [0.1, 0.15) is 11.9 Å². The first-order valence-electron chi connectivity index (χ1n) is 8.54. The summed E-state index contributed by atoms with van der Waals surface area (Å²) >= 11 is 0. The summed E-state index contributed by atoms with van der Waals surface area (Å²) in [6, 6.07) is 6.15. The standard InChI is InChI=1S/C17H23N3O4.ClH/c21-17(13-2-1-9-18-12-13)19-10-7-16(8-11-19)24-15-5-3-14(4-6-15)20(22)23;/h3-6,13,16,18H,1-2,7-12H2;1H. The van der Waals surface area contributed by atoms with Gasteiger partial charge in [0.2, 0.25) is 5.91 Å². The monoisotopic (exact) mass is 369 g/mol. The molecular formula is C17H24ClN3O4.